The van der Waals surface area contributed by atoms with Crippen molar-refractivity contribution in [3.05, 3.63) is 46.4 Å². The second-order valence-electron chi connectivity index (χ2n) is 6.83. The Bertz CT molecular complexity index is 891. The zero-order valence-corrected chi connectivity index (χ0v) is 15.3. The summed E-state index contributed by atoms with van der Waals surface area (Å²) in [6.45, 7) is 4.60. The highest BCUT2D eigenvalue weighted by molar-refractivity contribution is 5.89. The Hall–Kier alpha value is -3.03. The van der Waals surface area contributed by atoms with Crippen LogP contribution in [-0.2, 0) is 13.6 Å². The van der Waals surface area contributed by atoms with Gasteiger partial charge < -0.3 is 19.7 Å². The van der Waals surface area contributed by atoms with Crippen molar-refractivity contribution in [1.82, 2.24) is 14.7 Å². The number of methoxy groups -OCH3 is 1. The predicted molar refractivity (Wildman–Crippen MR) is 96.6 cm³/mol. The molecule has 1 N–H and O–H groups in total. The molecule has 0 spiro atoms. The first kappa shape index (κ1) is 17.8. The van der Waals surface area contributed by atoms with Gasteiger partial charge in [0.25, 0.3) is 5.56 Å². The molecule has 1 aliphatic rings. The molecule has 1 aliphatic heterocycles. The van der Waals surface area contributed by atoms with E-state index >= 15 is 0 Å². The lowest BCUT2D eigenvalue weighted by Crippen LogP contribution is -2.45. The summed E-state index contributed by atoms with van der Waals surface area (Å²) in [7, 11) is 3.15. The van der Waals surface area contributed by atoms with E-state index in [1.165, 1.54) is 16.9 Å². The summed E-state index contributed by atoms with van der Waals surface area (Å²) in [6, 6.07) is 6.56. The van der Waals surface area contributed by atoms with Crippen LogP contribution < -0.4 is 20.3 Å². The van der Waals surface area contributed by atoms with Crippen molar-refractivity contribution in [3.63, 3.8) is 0 Å². The van der Waals surface area contributed by atoms with Crippen LogP contribution in [0.2, 0.25) is 0 Å². The molecule has 8 heteroatoms. The number of rotatable bonds is 2. The Balaban J connectivity index is 1.85. The lowest BCUT2D eigenvalue weighted by Gasteiger charge is -2.29. The molecule has 1 aromatic heterocycles. The monoisotopic (exact) mass is 358 g/mol. The molecule has 0 unspecified atom stereocenters. The van der Waals surface area contributed by atoms with Crippen LogP contribution in [0, 0.1) is 0 Å². The average Bonchev–Trinajstić information content (AvgIpc) is 2.72. The summed E-state index contributed by atoms with van der Waals surface area (Å²) in [5.41, 5.74) is 0.365. The van der Waals surface area contributed by atoms with Gasteiger partial charge in [-0.3, -0.25) is 4.79 Å². The van der Waals surface area contributed by atoms with Gasteiger partial charge in [0.15, 0.2) is 0 Å². The molecule has 2 aromatic rings. The van der Waals surface area contributed by atoms with E-state index in [0.29, 0.717) is 30.3 Å². The molecule has 0 atom stereocenters. The summed E-state index contributed by atoms with van der Waals surface area (Å²) >= 11 is 0. The number of carbonyl (C=O) groups is 1. The van der Waals surface area contributed by atoms with Gasteiger partial charge in [0, 0.05) is 24.7 Å². The van der Waals surface area contributed by atoms with Gasteiger partial charge in [-0.1, -0.05) is 0 Å². The number of ether oxygens (including phenoxy) is 2. The van der Waals surface area contributed by atoms with Crippen LogP contribution in [0.15, 0.2) is 35.3 Å². The lowest BCUT2D eigenvalue weighted by atomic mass is 10.1. The van der Waals surface area contributed by atoms with Gasteiger partial charge in [0.2, 0.25) is 0 Å². The van der Waals surface area contributed by atoms with Crippen LogP contribution in [-0.4, -0.2) is 40.0 Å². The number of aryl methyl sites for hydroxylation is 1. The molecule has 0 fully saturated rings. The van der Waals surface area contributed by atoms with Gasteiger partial charge in [0.1, 0.15) is 17.1 Å². The number of nitrogens with one attached hydrogen (secondary N) is 1. The molecule has 138 valence electrons. The zero-order chi connectivity index (χ0) is 18.9. The van der Waals surface area contributed by atoms with E-state index < -0.39 is 5.60 Å². The van der Waals surface area contributed by atoms with Gasteiger partial charge in [0.05, 0.1) is 32.1 Å². The molecular formula is C18H22N4O4. The highest BCUT2D eigenvalue weighted by atomic mass is 16.5. The first-order chi connectivity index (χ1) is 12.3. The Kier molecular flexibility index (Phi) is 4.58. The molecule has 2 heterocycles. The molecular weight excluding hydrogens is 336 g/mol. The van der Waals surface area contributed by atoms with E-state index in [0.717, 1.165) is 5.56 Å². The second-order valence-corrected chi connectivity index (χ2v) is 6.83. The molecule has 0 radical (unpaired) electrons. The Morgan fingerprint density at radius 3 is 2.81 bits per heavy atom. The van der Waals surface area contributed by atoms with Crippen LogP contribution in [0.25, 0.3) is 0 Å². The van der Waals surface area contributed by atoms with E-state index in [1.54, 1.807) is 19.1 Å². The highest BCUT2D eigenvalue weighted by Crippen LogP contribution is 2.32. The summed E-state index contributed by atoms with van der Waals surface area (Å²) < 4.78 is 12.5. The first-order valence-corrected chi connectivity index (χ1v) is 8.23. The Labute approximate surface area is 151 Å². The minimum atomic E-state index is -0.583. The standard InChI is InChI=1S/C18H22N4O4/c1-18(2)11-22(10-12-5-6-14(25-4)8-15(12)26-18)17(24)20-13-7-16(23)21(3)19-9-13/h5-9H,10-11H2,1-4H3,(H,20,24). The van der Waals surface area contributed by atoms with Gasteiger partial charge in [-0.15, -0.1) is 0 Å². The number of amides is 2. The minimum Gasteiger partial charge on any atom is -0.497 e. The number of carbonyl (C=O) groups excluding carboxylic acids is 1. The van der Waals surface area contributed by atoms with Crippen LogP contribution in [0.3, 0.4) is 0 Å². The fraction of sp³-hybridized carbons (Fsp3) is 0.389. The van der Waals surface area contributed by atoms with Gasteiger partial charge in [-0.2, -0.15) is 5.10 Å². The number of hydrogen-bond donors (Lipinski definition) is 1. The number of anilines is 1. The quantitative estimate of drug-likeness (QED) is 0.887. The maximum absolute atomic E-state index is 12.7. The smallest absolute Gasteiger partial charge is 0.322 e. The fourth-order valence-corrected chi connectivity index (χ4v) is 2.82. The van der Waals surface area contributed by atoms with E-state index in [9.17, 15) is 9.59 Å². The molecule has 2 amide bonds. The van der Waals surface area contributed by atoms with Crippen LogP contribution >= 0.6 is 0 Å². The topological polar surface area (TPSA) is 85.7 Å². The Morgan fingerprint density at radius 2 is 2.12 bits per heavy atom. The van der Waals surface area contributed by atoms with Crippen molar-refractivity contribution in [1.29, 1.82) is 0 Å². The van der Waals surface area contributed by atoms with Gasteiger partial charge >= 0.3 is 6.03 Å². The SMILES string of the molecule is COc1ccc2c(c1)OC(C)(C)CN(C(=O)Nc1cnn(C)c(=O)c1)C2. The van der Waals surface area contributed by atoms with E-state index in [1.807, 2.05) is 32.0 Å². The van der Waals surface area contributed by atoms with E-state index in [4.69, 9.17) is 9.47 Å². The molecule has 8 nitrogen and oxygen atoms in total. The van der Waals surface area contributed by atoms with Crippen molar-refractivity contribution in [2.45, 2.75) is 26.0 Å². The van der Waals surface area contributed by atoms with Crippen LogP contribution in [0.5, 0.6) is 11.5 Å². The normalized spacial score (nSPS) is 15.5. The molecule has 3 rings (SSSR count). The molecule has 1 aromatic carbocycles. The van der Waals surface area contributed by atoms with Crippen molar-refractivity contribution >= 4 is 11.7 Å². The predicted octanol–water partition coefficient (Wildman–Crippen LogP) is 1.99. The number of nitrogens with zero attached hydrogens (tertiary/aromatic N) is 3. The number of aromatic nitrogens is 2. The average molecular weight is 358 g/mol. The molecule has 0 saturated carbocycles. The zero-order valence-electron chi connectivity index (χ0n) is 15.3. The summed E-state index contributed by atoms with van der Waals surface area (Å²) in [6.07, 6.45) is 1.44. The number of urea groups is 1. The maximum atomic E-state index is 12.7. The van der Waals surface area contributed by atoms with Gasteiger partial charge in [-0.05, 0) is 26.0 Å². The summed E-state index contributed by atoms with van der Waals surface area (Å²) in [5, 5.41) is 6.64. The van der Waals surface area contributed by atoms with E-state index in [2.05, 4.69) is 10.4 Å². The molecule has 0 saturated heterocycles. The third kappa shape index (κ3) is 3.79. The minimum absolute atomic E-state index is 0.292. The second kappa shape index (κ2) is 6.70. The van der Waals surface area contributed by atoms with Crippen molar-refractivity contribution in [2.75, 3.05) is 19.0 Å². The Morgan fingerprint density at radius 1 is 1.35 bits per heavy atom. The maximum Gasteiger partial charge on any atom is 0.322 e. The molecule has 26 heavy (non-hydrogen) atoms. The number of fused-ring (bicyclic) bond motifs is 1. The van der Waals surface area contributed by atoms with E-state index in [-0.39, 0.29) is 11.6 Å². The molecule has 0 bridgehead atoms. The van der Waals surface area contributed by atoms with Gasteiger partial charge in [-0.25, -0.2) is 9.48 Å². The van der Waals surface area contributed by atoms with Crippen molar-refractivity contribution in [3.8, 4) is 11.5 Å². The van der Waals surface area contributed by atoms with Crippen molar-refractivity contribution < 1.29 is 14.3 Å². The van der Waals surface area contributed by atoms with Crippen molar-refractivity contribution in [2.24, 2.45) is 7.05 Å². The van der Waals surface area contributed by atoms with Crippen LogP contribution in [0.1, 0.15) is 19.4 Å². The first-order valence-electron chi connectivity index (χ1n) is 8.23. The highest BCUT2D eigenvalue weighted by Gasteiger charge is 2.32. The number of hydrogen-bond acceptors (Lipinski definition) is 5. The summed E-state index contributed by atoms with van der Waals surface area (Å²) in [4.78, 5) is 26.1. The summed E-state index contributed by atoms with van der Waals surface area (Å²) in [5.74, 6) is 1.39. The lowest BCUT2D eigenvalue weighted by molar-refractivity contribution is 0.0833. The fourth-order valence-electron chi connectivity index (χ4n) is 2.82. The largest absolute Gasteiger partial charge is 0.497 e. The number of benzene rings is 1. The van der Waals surface area contributed by atoms with Crippen LogP contribution in [0.4, 0.5) is 10.5 Å². The third-order valence-corrected chi connectivity index (χ3v) is 4.10. The molecule has 0 aliphatic carbocycles. The third-order valence-electron chi connectivity index (χ3n) is 4.10.